The van der Waals surface area contributed by atoms with Gasteiger partial charge in [0.1, 0.15) is 15.9 Å². The number of hydrogen-bond donors (Lipinski definition) is 1. The summed E-state index contributed by atoms with van der Waals surface area (Å²) in [4.78, 5) is 31.3. The minimum Gasteiger partial charge on any atom is -0.339 e. The third kappa shape index (κ3) is 3.46. The van der Waals surface area contributed by atoms with Gasteiger partial charge in [0, 0.05) is 18.2 Å². The minimum absolute atomic E-state index is 0.0867. The van der Waals surface area contributed by atoms with Crippen LogP contribution in [0.1, 0.15) is 35.6 Å². The van der Waals surface area contributed by atoms with Crippen LogP contribution in [0.3, 0.4) is 0 Å². The SMILES string of the molecule is Cc1nc(-c2ccc(F)c(F)c2)sc1C(=O)NC1CCN(C(C)C)C1=O. The van der Waals surface area contributed by atoms with Crippen LogP contribution >= 0.6 is 11.3 Å². The molecular formula is C18H19F2N3O2S. The highest BCUT2D eigenvalue weighted by molar-refractivity contribution is 7.17. The lowest BCUT2D eigenvalue weighted by atomic mass is 10.2. The number of aryl methyl sites for hydroxylation is 1. The van der Waals surface area contributed by atoms with E-state index < -0.39 is 17.7 Å². The summed E-state index contributed by atoms with van der Waals surface area (Å²) < 4.78 is 26.5. The van der Waals surface area contributed by atoms with Gasteiger partial charge in [-0.05, 0) is 45.4 Å². The second-order valence-corrected chi connectivity index (χ2v) is 7.50. The van der Waals surface area contributed by atoms with Crippen LogP contribution in [0, 0.1) is 18.6 Å². The summed E-state index contributed by atoms with van der Waals surface area (Å²) >= 11 is 1.09. The number of carbonyl (C=O) groups excluding carboxylic acids is 2. The number of nitrogens with one attached hydrogen (secondary N) is 1. The van der Waals surface area contributed by atoms with E-state index in [0.717, 1.165) is 23.5 Å². The number of benzene rings is 1. The minimum atomic E-state index is -0.966. The lowest BCUT2D eigenvalue weighted by molar-refractivity contribution is -0.130. The molecule has 0 aliphatic carbocycles. The molecule has 0 spiro atoms. The van der Waals surface area contributed by atoms with Gasteiger partial charge in [-0.3, -0.25) is 9.59 Å². The predicted molar refractivity (Wildman–Crippen MR) is 94.9 cm³/mol. The van der Waals surface area contributed by atoms with Crippen molar-refractivity contribution in [1.82, 2.24) is 15.2 Å². The Morgan fingerprint density at radius 2 is 2.08 bits per heavy atom. The number of amides is 2. The summed E-state index contributed by atoms with van der Waals surface area (Å²) in [6.45, 7) is 6.15. The first-order valence-electron chi connectivity index (χ1n) is 8.32. The average Bonchev–Trinajstić information content (AvgIpc) is 3.14. The van der Waals surface area contributed by atoms with Crippen molar-refractivity contribution < 1.29 is 18.4 Å². The highest BCUT2D eigenvalue weighted by Gasteiger charge is 2.34. The predicted octanol–water partition coefficient (Wildman–Crippen LogP) is 3.14. The number of carbonyl (C=O) groups is 2. The van der Waals surface area contributed by atoms with Gasteiger partial charge in [-0.2, -0.15) is 0 Å². The largest absolute Gasteiger partial charge is 0.339 e. The van der Waals surface area contributed by atoms with E-state index in [0.29, 0.717) is 34.1 Å². The van der Waals surface area contributed by atoms with Crippen molar-refractivity contribution in [3.8, 4) is 10.6 Å². The first-order chi connectivity index (χ1) is 12.3. The van der Waals surface area contributed by atoms with Gasteiger partial charge in [0.05, 0.1) is 5.69 Å². The van der Waals surface area contributed by atoms with E-state index in [1.807, 2.05) is 13.8 Å². The zero-order chi connectivity index (χ0) is 19.0. The molecule has 1 N–H and O–H groups in total. The Kier molecular flexibility index (Phi) is 5.04. The van der Waals surface area contributed by atoms with Gasteiger partial charge in [0.25, 0.3) is 5.91 Å². The third-order valence-corrected chi connectivity index (χ3v) is 5.54. The monoisotopic (exact) mass is 379 g/mol. The van der Waals surface area contributed by atoms with E-state index >= 15 is 0 Å². The van der Waals surface area contributed by atoms with Crippen molar-refractivity contribution in [3.63, 3.8) is 0 Å². The molecule has 0 bridgehead atoms. The highest BCUT2D eigenvalue weighted by atomic mass is 32.1. The fraction of sp³-hybridized carbons (Fsp3) is 0.389. The van der Waals surface area contributed by atoms with Crippen LogP contribution in [0.5, 0.6) is 0 Å². The van der Waals surface area contributed by atoms with E-state index in [2.05, 4.69) is 10.3 Å². The summed E-state index contributed by atoms with van der Waals surface area (Å²) in [7, 11) is 0. The Labute approximate surface area is 154 Å². The number of halogens is 2. The molecule has 5 nitrogen and oxygen atoms in total. The maximum Gasteiger partial charge on any atom is 0.263 e. The van der Waals surface area contributed by atoms with Gasteiger partial charge in [-0.25, -0.2) is 13.8 Å². The fourth-order valence-electron chi connectivity index (χ4n) is 2.93. The Bertz CT molecular complexity index is 866. The van der Waals surface area contributed by atoms with Crippen LogP contribution in [0.4, 0.5) is 8.78 Å². The molecule has 2 amide bonds. The summed E-state index contributed by atoms with van der Waals surface area (Å²) in [5, 5.41) is 3.19. The second kappa shape index (κ2) is 7.11. The van der Waals surface area contributed by atoms with Gasteiger partial charge in [-0.1, -0.05) is 0 Å². The number of likely N-dealkylation sites (tertiary alicyclic amines) is 1. The lowest BCUT2D eigenvalue weighted by Crippen LogP contribution is -2.43. The van der Waals surface area contributed by atoms with Crippen LogP contribution in [0.15, 0.2) is 18.2 Å². The molecule has 0 saturated carbocycles. The molecule has 1 fully saturated rings. The smallest absolute Gasteiger partial charge is 0.263 e. The van der Waals surface area contributed by atoms with Crippen molar-refractivity contribution in [2.75, 3.05) is 6.54 Å². The molecular weight excluding hydrogens is 360 g/mol. The Morgan fingerprint density at radius 3 is 2.69 bits per heavy atom. The molecule has 1 unspecified atom stereocenters. The van der Waals surface area contributed by atoms with Crippen LogP contribution in [-0.2, 0) is 4.79 Å². The normalized spacial score (nSPS) is 17.2. The molecule has 1 atom stereocenters. The van der Waals surface area contributed by atoms with Gasteiger partial charge in [0.15, 0.2) is 11.6 Å². The van der Waals surface area contributed by atoms with Gasteiger partial charge >= 0.3 is 0 Å². The van der Waals surface area contributed by atoms with Crippen molar-refractivity contribution in [1.29, 1.82) is 0 Å². The molecule has 1 saturated heterocycles. The van der Waals surface area contributed by atoms with E-state index in [-0.39, 0.29) is 17.9 Å². The average molecular weight is 379 g/mol. The van der Waals surface area contributed by atoms with E-state index in [1.54, 1.807) is 11.8 Å². The molecule has 1 aliphatic heterocycles. The molecule has 138 valence electrons. The van der Waals surface area contributed by atoms with Crippen molar-refractivity contribution in [2.45, 2.75) is 39.3 Å². The molecule has 0 radical (unpaired) electrons. The standard InChI is InChI=1S/C18H19F2N3O2S/c1-9(2)23-7-6-14(18(23)25)22-16(24)15-10(3)21-17(26-15)11-4-5-12(19)13(20)8-11/h4-5,8-9,14H,6-7H2,1-3H3,(H,22,24). The van der Waals surface area contributed by atoms with Gasteiger partial charge in [-0.15, -0.1) is 11.3 Å². The topological polar surface area (TPSA) is 62.3 Å². The number of thiazole rings is 1. The lowest BCUT2D eigenvalue weighted by Gasteiger charge is -2.21. The Hall–Kier alpha value is -2.35. The number of nitrogens with zero attached hydrogens (tertiary/aromatic N) is 2. The molecule has 1 aromatic heterocycles. The van der Waals surface area contributed by atoms with E-state index in [4.69, 9.17) is 0 Å². The summed E-state index contributed by atoms with van der Waals surface area (Å²) in [5.41, 5.74) is 0.886. The van der Waals surface area contributed by atoms with E-state index in [1.165, 1.54) is 6.07 Å². The maximum atomic E-state index is 13.4. The summed E-state index contributed by atoms with van der Waals surface area (Å²) in [5.74, 6) is -2.37. The van der Waals surface area contributed by atoms with Crippen LogP contribution in [0.2, 0.25) is 0 Å². The number of rotatable bonds is 4. The number of hydrogen-bond acceptors (Lipinski definition) is 4. The molecule has 26 heavy (non-hydrogen) atoms. The quantitative estimate of drug-likeness (QED) is 0.888. The summed E-state index contributed by atoms with van der Waals surface area (Å²) in [6, 6.07) is 3.04. The van der Waals surface area contributed by atoms with Crippen LogP contribution < -0.4 is 5.32 Å². The molecule has 2 aromatic rings. The fourth-order valence-corrected chi connectivity index (χ4v) is 3.90. The third-order valence-electron chi connectivity index (χ3n) is 4.34. The highest BCUT2D eigenvalue weighted by Crippen LogP contribution is 2.29. The molecule has 1 aromatic carbocycles. The van der Waals surface area contributed by atoms with Crippen molar-refractivity contribution >= 4 is 23.2 Å². The first kappa shape index (κ1) is 18.4. The van der Waals surface area contributed by atoms with Gasteiger partial charge in [0.2, 0.25) is 5.91 Å². The summed E-state index contributed by atoms with van der Waals surface area (Å²) in [6.07, 6.45) is 0.566. The van der Waals surface area contributed by atoms with E-state index in [9.17, 15) is 18.4 Å². The number of aromatic nitrogens is 1. The molecule has 1 aliphatic rings. The molecule has 8 heteroatoms. The maximum absolute atomic E-state index is 13.4. The molecule has 3 rings (SSSR count). The zero-order valence-corrected chi connectivity index (χ0v) is 15.5. The van der Waals surface area contributed by atoms with Gasteiger partial charge < -0.3 is 10.2 Å². The van der Waals surface area contributed by atoms with Crippen LogP contribution in [0.25, 0.3) is 10.6 Å². The zero-order valence-electron chi connectivity index (χ0n) is 14.7. The second-order valence-electron chi connectivity index (χ2n) is 6.50. The van der Waals surface area contributed by atoms with Crippen molar-refractivity contribution in [2.24, 2.45) is 0 Å². The Balaban J connectivity index is 1.78. The Morgan fingerprint density at radius 1 is 1.35 bits per heavy atom. The van der Waals surface area contributed by atoms with Crippen LogP contribution in [-0.4, -0.2) is 40.3 Å². The first-order valence-corrected chi connectivity index (χ1v) is 9.13. The van der Waals surface area contributed by atoms with Crippen molar-refractivity contribution in [3.05, 3.63) is 40.4 Å². The molecule has 2 heterocycles.